The van der Waals surface area contributed by atoms with E-state index in [-0.39, 0.29) is 25.4 Å². The Morgan fingerprint density at radius 1 is 1.36 bits per heavy atom. The second-order valence-electron chi connectivity index (χ2n) is 6.48. The second kappa shape index (κ2) is 8.39. The van der Waals surface area contributed by atoms with Crippen LogP contribution in [-0.2, 0) is 25.7 Å². The van der Waals surface area contributed by atoms with E-state index in [0.29, 0.717) is 17.0 Å². The summed E-state index contributed by atoms with van der Waals surface area (Å²) >= 11 is 0. The van der Waals surface area contributed by atoms with E-state index in [9.17, 15) is 14.4 Å². The predicted molar refractivity (Wildman–Crippen MR) is 97.6 cm³/mol. The summed E-state index contributed by atoms with van der Waals surface area (Å²) in [6.45, 7) is 1.94. The van der Waals surface area contributed by atoms with Crippen LogP contribution in [0.1, 0.15) is 24.7 Å². The van der Waals surface area contributed by atoms with Gasteiger partial charge in [-0.1, -0.05) is 12.1 Å². The van der Waals surface area contributed by atoms with Crippen LogP contribution in [0.4, 0.5) is 5.69 Å². The van der Waals surface area contributed by atoms with Gasteiger partial charge in [0.15, 0.2) is 6.10 Å². The van der Waals surface area contributed by atoms with E-state index in [4.69, 9.17) is 14.4 Å². The first kappa shape index (κ1) is 19.2. The maximum atomic E-state index is 12.4. The molecule has 1 aromatic heterocycles. The van der Waals surface area contributed by atoms with Crippen LogP contribution < -0.4 is 5.32 Å². The fourth-order valence-corrected chi connectivity index (χ4v) is 2.92. The highest BCUT2D eigenvalue weighted by Crippen LogP contribution is 2.22. The average molecular weight is 381 g/mol. The van der Waals surface area contributed by atoms with E-state index in [0.717, 1.165) is 0 Å². The first-order valence-electron chi connectivity index (χ1n) is 8.78. The molecule has 0 aliphatic carbocycles. The SMILES string of the molecule is C[C@H](OC(=O)[C@@H]1CC(=O)N(Cc2ccco2)C1)C(=O)Nc1ccccc1C#N. The second-order valence-corrected chi connectivity index (χ2v) is 6.48. The fraction of sp³-hybridized carbons (Fsp3) is 0.300. The lowest BCUT2D eigenvalue weighted by Gasteiger charge is -2.17. The van der Waals surface area contributed by atoms with Gasteiger partial charge in [-0.05, 0) is 31.2 Å². The molecular weight excluding hydrogens is 362 g/mol. The number of anilines is 1. The van der Waals surface area contributed by atoms with Crippen molar-refractivity contribution in [2.24, 2.45) is 5.92 Å². The molecule has 1 N–H and O–H groups in total. The van der Waals surface area contributed by atoms with Gasteiger partial charge < -0.3 is 19.4 Å². The minimum absolute atomic E-state index is 0.0329. The van der Waals surface area contributed by atoms with Gasteiger partial charge in [-0.25, -0.2) is 0 Å². The number of carbonyl (C=O) groups excluding carboxylic acids is 3. The Hall–Kier alpha value is -3.60. The lowest BCUT2D eigenvalue weighted by Crippen LogP contribution is -2.33. The van der Waals surface area contributed by atoms with Gasteiger partial charge >= 0.3 is 5.97 Å². The van der Waals surface area contributed by atoms with Crippen molar-refractivity contribution < 1.29 is 23.5 Å². The van der Waals surface area contributed by atoms with Crippen LogP contribution in [0.2, 0.25) is 0 Å². The molecule has 0 spiro atoms. The smallest absolute Gasteiger partial charge is 0.312 e. The molecule has 2 heterocycles. The summed E-state index contributed by atoms with van der Waals surface area (Å²) in [4.78, 5) is 38.3. The molecule has 0 radical (unpaired) electrons. The van der Waals surface area contributed by atoms with Crippen LogP contribution in [0.3, 0.4) is 0 Å². The molecule has 0 saturated carbocycles. The number of esters is 1. The summed E-state index contributed by atoms with van der Waals surface area (Å²) in [5.41, 5.74) is 0.655. The number of nitrogens with one attached hydrogen (secondary N) is 1. The quantitative estimate of drug-likeness (QED) is 0.767. The number of carbonyl (C=O) groups is 3. The minimum Gasteiger partial charge on any atom is -0.467 e. The van der Waals surface area contributed by atoms with Gasteiger partial charge in [0.05, 0.1) is 30.0 Å². The largest absolute Gasteiger partial charge is 0.467 e. The van der Waals surface area contributed by atoms with Crippen molar-refractivity contribution in [1.29, 1.82) is 5.26 Å². The van der Waals surface area contributed by atoms with Crippen molar-refractivity contribution in [2.75, 3.05) is 11.9 Å². The Morgan fingerprint density at radius 3 is 2.86 bits per heavy atom. The molecule has 8 heteroatoms. The Labute approximate surface area is 161 Å². The van der Waals surface area contributed by atoms with Gasteiger partial charge in [0.1, 0.15) is 11.8 Å². The number of furan rings is 1. The number of nitrogens with zero attached hydrogens (tertiary/aromatic N) is 2. The van der Waals surface area contributed by atoms with Gasteiger partial charge in [-0.15, -0.1) is 0 Å². The van der Waals surface area contributed by atoms with Crippen molar-refractivity contribution in [3.63, 3.8) is 0 Å². The summed E-state index contributed by atoms with van der Waals surface area (Å²) in [6.07, 6.45) is 0.492. The van der Waals surface area contributed by atoms with E-state index in [2.05, 4.69) is 5.32 Å². The van der Waals surface area contributed by atoms with Crippen LogP contribution in [0.5, 0.6) is 0 Å². The van der Waals surface area contributed by atoms with Crippen LogP contribution >= 0.6 is 0 Å². The molecule has 2 aromatic rings. The molecule has 2 atom stereocenters. The fourth-order valence-electron chi connectivity index (χ4n) is 2.92. The molecule has 8 nitrogen and oxygen atoms in total. The summed E-state index contributed by atoms with van der Waals surface area (Å²) in [7, 11) is 0. The van der Waals surface area contributed by atoms with Crippen molar-refractivity contribution >= 4 is 23.5 Å². The number of hydrogen-bond donors (Lipinski definition) is 1. The molecule has 1 aromatic carbocycles. The number of para-hydroxylation sites is 1. The van der Waals surface area contributed by atoms with Gasteiger partial charge in [-0.2, -0.15) is 5.26 Å². The number of ether oxygens (including phenoxy) is 1. The highest BCUT2D eigenvalue weighted by atomic mass is 16.5. The van der Waals surface area contributed by atoms with Gasteiger partial charge in [0.25, 0.3) is 5.91 Å². The highest BCUT2D eigenvalue weighted by molar-refractivity contribution is 5.96. The molecule has 1 aliphatic heterocycles. The van der Waals surface area contributed by atoms with Crippen LogP contribution in [0, 0.1) is 17.2 Å². The van der Waals surface area contributed by atoms with Gasteiger partial charge in [0.2, 0.25) is 5.91 Å². The van der Waals surface area contributed by atoms with E-state index >= 15 is 0 Å². The standard InChI is InChI=1S/C20H19N3O5/c1-13(19(25)22-17-7-3-2-5-14(17)10-21)28-20(26)15-9-18(24)23(11-15)12-16-6-4-8-27-16/h2-8,13,15H,9,11-12H2,1H3,(H,22,25)/t13-,15+/m0/s1. The molecule has 28 heavy (non-hydrogen) atoms. The predicted octanol–water partition coefficient (Wildman–Crippen LogP) is 2.07. The van der Waals surface area contributed by atoms with Crippen LogP contribution in [0.25, 0.3) is 0 Å². The lowest BCUT2D eigenvalue weighted by atomic mass is 10.1. The topological polar surface area (TPSA) is 113 Å². The van der Waals surface area contributed by atoms with E-state index in [1.807, 2.05) is 6.07 Å². The van der Waals surface area contributed by atoms with Gasteiger partial charge in [0, 0.05) is 13.0 Å². The Morgan fingerprint density at radius 2 is 2.14 bits per heavy atom. The molecule has 1 fully saturated rings. The van der Waals surface area contributed by atoms with Crippen LogP contribution in [-0.4, -0.2) is 35.3 Å². The zero-order valence-electron chi connectivity index (χ0n) is 15.3. The third kappa shape index (κ3) is 4.38. The zero-order valence-corrected chi connectivity index (χ0v) is 15.3. The molecule has 0 unspecified atom stereocenters. The molecule has 2 amide bonds. The van der Waals surface area contributed by atoms with E-state index < -0.39 is 23.9 Å². The molecule has 3 rings (SSSR count). The third-order valence-electron chi connectivity index (χ3n) is 4.44. The molecule has 1 saturated heterocycles. The summed E-state index contributed by atoms with van der Waals surface area (Å²) < 4.78 is 10.5. The summed E-state index contributed by atoms with van der Waals surface area (Å²) in [5.74, 6) is -1.33. The van der Waals surface area contributed by atoms with Gasteiger partial charge in [-0.3, -0.25) is 14.4 Å². The first-order chi connectivity index (χ1) is 13.5. The van der Waals surface area contributed by atoms with Crippen molar-refractivity contribution in [1.82, 2.24) is 4.90 Å². The number of benzene rings is 1. The third-order valence-corrected chi connectivity index (χ3v) is 4.44. The maximum absolute atomic E-state index is 12.4. The highest BCUT2D eigenvalue weighted by Gasteiger charge is 2.37. The van der Waals surface area contributed by atoms with E-state index in [1.54, 1.807) is 36.4 Å². The Bertz CT molecular complexity index is 916. The minimum atomic E-state index is -1.06. The molecule has 0 bridgehead atoms. The molecular formula is C20H19N3O5. The average Bonchev–Trinajstić information content (AvgIpc) is 3.32. The number of rotatable bonds is 6. The van der Waals surface area contributed by atoms with Crippen molar-refractivity contribution in [3.8, 4) is 6.07 Å². The number of amides is 2. The number of hydrogen-bond acceptors (Lipinski definition) is 6. The maximum Gasteiger partial charge on any atom is 0.312 e. The molecule has 1 aliphatic rings. The zero-order chi connectivity index (χ0) is 20.1. The van der Waals surface area contributed by atoms with E-state index in [1.165, 1.54) is 18.1 Å². The van der Waals surface area contributed by atoms with Crippen molar-refractivity contribution in [3.05, 3.63) is 54.0 Å². The normalized spacial score (nSPS) is 17.1. The monoisotopic (exact) mass is 381 g/mol. The number of nitriles is 1. The van der Waals surface area contributed by atoms with Crippen LogP contribution in [0.15, 0.2) is 47.1 Å². The molecule has 144 valence electrons. The first-order valence-corrected chi connectivity index (χ1v) is 8.78. The number of likely N-dealkylation sites (tertiary alicyclic amines) is 1. The summed E-state index contributed by atoms with van der Waals surface area (Å²) in [6, 6.07) is 12.0. The lowest BCUT2D eigenvalue weighted by molar-refractivity contribution is -0.157. The van der Waals surface area contributed by atoms with Crippen molar-refractivity contribution in [2.45, 2.75) is 26.0 Å². The Kier molecular flexibility index (Phi) is 5.75. The summed E-state index contributed by atoms with van der Waals surface area (Å²) in [5, 5.41) is 11.6. The Balaban J connectivity index is 1.54.